The molecule has 3 atom stereocenters. The molecule has 1 saturated carbocycles. The van der Waals surface area contributed by atoms with E-state index in [2.05, 4.69) is 19.9 Å². The van der Waals surface area contributed by atoms with E-state index in [0.717, 1.165) is 12.3 Å². The molecule has 0 aromatic rings. The molecule has 1 nitrogen and oxygen atoms in total. The van der Waals surface area contributed by atoms with Crippen molar-refractivity contribution in [3.8, 4) is 0 Å². The van der Waals surface area contributed by atoms with Crippen LogP contribution < -0.4 is 0 Å². The SMILES string of the molecule is CC1CC2=CC(C)(O)CC(C)(C2)C1. The molecular formula is C12H20O. The van der Waals surface area contributed by atoms with Gasteiger partial charge in [0.05, 0.1) is 5.60 Å². The molecule has 0 aliphatic heterocycles. The maximum Gasteiger partial charge on any atom is 0.0807 e. The van der Waals surface area contributed by atoms with Gasteiger partial charge in [0.25, 0.3) is 0 Å². The molecule has 0 heterocycles. The number of fused-ring (bicyclic) bond motifs is 2. The highest BCUT2D eigenvalue weighted by Gasteiger charge is 2.41. The number of allylic oxidation sites excluding steroid dienone is 1. The Bertz CT molecular complexity index is 252. The van der Waals surface area contributed by atoms with E-state index < -0.39 is 5.60 Å². The second-order valence-corrected chi connectivity index (χ2v) is 5.84. The van der Waals surface area contributed by atoms with E-state index in [0.29, 0.717) is 5.41 Å². The van der Waals surface area contributed by atoms with E-state index in [1.54, 1.807) is 0 Å². The summed E-state index contributed by atoms with van der Waals surface area (Å²) in [7, 11) is 0. The van der Waals surface area contributed by atoms with Crippen molar-refractivity contribution in [3.05, 3.63) is 11.6 Å². The molecule has 0 saturated heterocycles. The maximum absolute atomic E-state index is 10.1. The molecule has 1 N–H and O–H groups in total. The van der Waals surface area contributed by atoms with E-state index in [1.165, 1.54) is 24.8 Å². The lowest BCUT2D eigenvalue weighted by molar-refractivity contribution is 0.0201. The molecule has 2 rings (SSSR count). The van der Waals surface area contributed by atoms with Crippen molar-refractivity contribution in [3.63, 3.8) is 0 Å². The number of hydrogen-bond acceptors (Lipinski definition) is 1. The van der Waals surface area contributed by atoms with Crippen LogP contribution in [0.4, 0.5) is 0 Å². The Kier molecular flexibility index (Phi) is 1.85. The Morgan fingerprint density at radius 2 is 2.15 bits per heavy atom. The Balaban J connectivity index is 2.31. The van der Waals surface area contributed by atoms with Crippen LogP contribution >= 0.6 is 0 Å². The van der Waals surface area contributed by atoms with Gasteiger partial charge in [0.2, 0.25) is 0 Å². The lowest BCUT2D eigenvalue weighted by Gasteiger charge is -2.46. The van der Waals surface area contributed by atoms with Gasteiger partial charge < -0.3 is 5.11 Å². The molecule has 2 bridgehead atoms. The lowest BCUT2D eigenvalue weighted by atomic mass is 9.61. The maximum atomic E-state index is 10.1. The third kappa shape index (κ3) is 1.80. The van der Waals surface area contributed by atoms with Gasteiger partial charge in [0.1, 0.15) is 0 Å². The Hall–Kier alpha value is -0.300. The molecule has 1 heteroatoms. The normalized spacial score (nSPS) is 50.2. The Morgan fingerprint density at radius 3 is 2.77 bits per heavy atom. The third-order valence-corrected chi connectivity index (χ3v) is 3.41. The summed E-state index contributed by atoms with van der Waals surface area (Å²) >= 11 is 0. The predicted octanol–water partition coefficient (Wildman–Crippen LogP) is 2.89. The van der Waals surface area contributed by atoms with Gasteiger partial charge in [-0.3, -0.25) is 0 Å². The van der Waals surface area contributed by atoms with Crippen LogP contribution in [0.3, 0.4) is 0 Å². The van der Waals surface area contributed by atoms with Crippen LogP contribution in [0.5, 0.6) is 0 Å². The van der Waals surface area contributed by atoms with E-state index in [-0.39, 0.29) is 0 Å². The number of hydrogen-bond donors (Lipinski definition) is 1. The molecule has 2 aliphatic carbocycles. The van der Waals surface area contributed by atoms with Crippen LogP contribution in [0.1, 0.15) is 46.5 Å². The molecule has 13 heavy (non-hydrogen) atoms. The highest BCUT2D eigenvalue weighted by atomic mass is 16.3. The molecule has 74 valence electrons. The summed E-state index contributed by atoms with van der Waals surface area (Å²) in [4.78, 5) is 0. The molecule has 0 spiro atoms. The minimum Gasteiger partial charge on any atom is -0.386 e. The van der Waals surface area contributed by atoms with Crippen LogP contribution in [-0.4, -0.2) is 10.7 Å². The lowest BCUT2D eigenvalue weighted by Crippen LogP contribution is -2.39. The van der Waals surface area contributed by atoms with Gasteiger partial charge >= 0.3 is 0 Å². The van der Waals surface area contributed by atoms with Crippen LogP contribution in [0.2, 0.25) is 0 Å². The van der Waals surface area contributed by atoms with Gasteiger partial charge in [-0.05, 0) is 43.9 Å². The summed E-state index contributed by atoms with van der Waals surface area (Å²) < 4.78 is 0. The van der Waals surface area contributed by atoms with Crippen molar-refractivity contribution in [1.29, 1.82) is 0 Å². The largest absolute Gasteiger partial charge is 0.386 e. The van der Waals surface area contributed by atoms with Crippen LogP contribution in [-0.2, 0) is 0 Å². The highest BCUT2D eigenvalue weighted by molar-refractivity contribution is 5.21. The monoisotopic (exact) mass is 180 g/mol. The average Bonchev–Trinajstić information content (AvgIpc) is 1.75. The van der Waals surface area contributed by atoms with Crippen molar-refractivity contribution in [2.75, 3.05) is 0 Å². The first-order valence-electron chi connectivity index (χ1n) is 5.32. The Labute approximate surface area is 80.8 Å². The fourth-order valence-electron chi connectivity index (χ4n) is 3.65. The first-order chi connectivity index (χ1) is 5.89. The predicted molar refractivity (Wildman–Crippen MR) is 54.4 cm³/mol. The Morgan fingerprint density at radius 1 is 1.46 bits per heavy atom. The van der Waals surface area contributed by atoms with Crippen molar-refractivity contribution in [1.82, 2.24) is 0 Å². The van der Waals surface area contributed by atoms with Crippen LogP contribution in [0.25, 0.3) is 0 Å². The summed E-state index contributed by atoms with van der Waals surface area (Å²) in [6, 6.07) is 0. The van der Waals surface area contributed by atoms with Crippen LogP contribution in [0.15, 0.2) is 11.6 Å². The van der Waals surface area contributed by atoms with Gasteiger partial charge in [0.15, 0.2) is 0 Å². The van der Waals surface area contributed by atoms with Gasteiger partial charge in [-0.15, -0.1) is 0 Å². The molecule has 0 aromatic heterocycles. The molecule has 2 aliphatic rings. The number of rotatable bonds is 0. The summed E-state index contributed by atoms with van der Waals surface area (Å²) in [5.74, 6) is 0.807. The van der Waals surface area contributed by atoms with Crippen molar-refractivity contribution < 1.29 is 5.11 Å². The molecule has 3 unspecified atom stereocenters. The van der Waals surface area contributed by atoms with Crippen molar-refractivity contribution in [2.24, 2.45) is 11.3 Å². The smallest absolute Gasteiger partial charge is 0.0807 e. The summed E-state index contributed by atoms with van der Waals surface area (Å²) in [6.45, 7) is 6.59. The fraction of sp³-hybridized carbons (Fsp3) is 0.833. The minimum atomic E-state index is -0.539. The van der Waals surface area contributed by atoms with E-state index >= 15 is 0 Å². The third-order valence-electron chi connectivity index (χ3n) is 3.41. The second kappa shape index (κ2) is 2.60. The fourth-order valence-corrected chi connectivity index (χ4v) is 3.65. The average molecular weight is 180 g/mol. The van der Waals surface area contributed by atoms with Crippen LogP contribution in [0, 0.1) is 11.3 Å². The summed E-state index contributed by atoms with van der Waals surface area (Å²) in [5, 5.41) is 10.1. The van der Waals surface area contributed by atoms with E-state index in [9.17, 15) is 5.11 Å². The zero-order valence-corrected chi connectivity index (χ0v) is 8.93. The van der Waals surface area contributed by atoms with Gasteiger partial charge in [-0.2, -0.15) is 0 Å². The molecule has 0 amide bonds. The summed E-state index contributed by atoms with van der Waals surface area (Å²) in [5.41, 5.74) is 1.31. The van der Waals surface area contributed by atoms with Gasteiger partial charge in [0, 0.05) is 0 Å². The van der Waals surface area contributed by atoms with E-state index in [1.807, 2.05) is 6.92 Å². The highest BCUT2D eigenvalue weighted by Crippen LogP contribution is 2.50. The van der Waals surface area contributed by atoms with Crippen molar-refractivity contribution >= 4 is 0 Å². The first-order valence-corrected chi connectivity index (χ1v) is 5.32. The minimum absolute atomic E-state index is 0.366. The summed E-state index contributed by atoms with van der Waals surface area (Å²) in [6.07, 6.45) is 6.73. The van der Waals surface area contributed by atoms with Gasteiger partial charge in [-0.25, -0.2) is 0 Å². The zero-order valence-electron chi connectivity index (χ0n) is 8.93. The quantitative estimate of drug-likeness (QED) is 0.568. The van der Waals surface area contributed by atoms with Crippen molar-refractivity contribution in [2.45, 2.75) is 52.1 Å². The molecule has 0 radical (unpaired) electrons. The topological polar surface area (TPSA) is 20.2 Å². The number of aliphatic hydroxyl groups is 1. The first kappa shape index (κ1) is 9.26. The van der Waals surface area contributed by atoms with E-state index in [4.69, 9.17) is 0 Å². The molecule has 0 aromatic carbocycles. The standard InChI is InChI=1S/C12H20O/c1-9-4-10-6-11(2,5-9)8-12(3,13)7-10/h7,9,13H,4-6,8H2,1-3H3. The molecule has 1 fully saturated rings. The zero-order chi connectivity index (χ0) is 9.69. The molecular weight excluding hydrogens is 160 g/mol. The van der Waals surface area contributed by atoms with Gasteiger partial charge in [-0.1, -0.05) is 25.5 Å². The second-order valence-electron chi connectivity index (χ2n) is 5.84.